The Morgan fingerprint density at radius 1 is 1.04 bits per heavy atom. The zero-order valence-corrected chi connectivity index (χ0v) is 18.3. The number of piperazine rings is 1. The predicted octanol–water partition coefficient (Wildman–Crippen LogP) is 1.67. The van der Waals surface area contributed by atoms with Crippen LogP contribution in [0.15, 0.2) is 35.2 Å². The Kier molecular flexibility index (Phi) is 7.03. The third-order valence-corrected chi connectivity index (χ3v) is 8.06. The smallest absolute Gasteiger partial charge is 0.282 e. The first-order valence-corrected chi connectivity index (χ1v) is 12.0. The van der Waals surface area contributed by atoms with Gasteiger partial charge in [0.15, 0.2) is 0 Å². The maximum absolute atomic E-state index is 13.0. The van der Waals surface area contributed by atoms with E-state index in [9.17, 15) is 13.2 Å². The van der Waals surface area contributed by atoms with Gasteiger partial charge in [0.25, 0.3) is 10.2 Å². The third-order valence-electron chi connectivity index (χ3n) is 4.99. The summed E-state index contributed by atoms with van der Waals surface area (Å²) in [7, 11) is -3.53. The first-order valence-electron chi connectivity index (χ1n) is 9.68. The number of nitrogens with zero attached hydrogens (tertiary/aromatic N) is 3. The summed E-state index contributed by atoms with van der Waals surface area (Å²) in [5.41, 5.74) is 0. The van der Waals surface area contributed by atoms with Gasteiger partial charge in [-0.05, 0) is 32.9 Å². The second-order valence-corrected chi connectivity index (χ2v) is 10.7. The lowest BCUT2D eigenvalue weighted by Gasteiger charge is -2.40. The minimum absolute atomic E-state index is 0.0551. The number of hydrogen-bond acceptors (Lipinski definition) is 5. The van der Waals surface area contributed by atoms with Crippen molar-refractivity contribution in [1.82, 2.24) is 13.5 Å². The molecule has 1 aromatic carbocycles. The molecule has 7 nitrogen and oxygen atoms in total. The summed E-state index contributed by atoms with van der Waals surface area (Å²) < 4.78 is 34.6. The van der Waals surface area contributed by atoms with Gasteiger partial charge >= 0.3 is 0 Å². The average Bonchev–Trinajstić information content (AvgIpc) is 2.67. The van der Waals surface area contributed by atoms with Crippen LogP contribution in [-0.2, 0) is 19.7 Å². The van der Waals surface area contributed by atoms with Gasteiger partial charge in [-0.15, -0.1) is 11.8 Å². The molecule has 3 rings (SSSR count). The topological polar surface area (TPSA) is 70.2 Å². The highest BCUT2D eigenvalue weighted by molar-refractivity contribution is 8.00. The van der Waals surface area contributed by atoms with E-state index in [0.717, 1.165) is 4.90 Å². The quantitative estimate of drug-likeness (QED) is 0.669. The zero-order valence-electron chi connectivity index (χ0n) is 16.7. The molecule has 0 radical (unpaired) electrons. The third kappa shape index (κ3) is 5.07. The van der Waals surface area contributed by atoms with E-state index in [0.29, 0.717) is 39.3 Å². The monoisotopic (exact) mass is 427 g/mol. The molecule has 28 heavy (non-hydrogen) atoms. The number of benzene rings is 1. The van der Waals surface area contributed by atoms with E-state index < -0.39 is 10.2 Å². The summed E-state index contributed by atoms with van der Waals surface area (Å²) in [5, 5.41) is -0.202. The fraction of sp³-hybridized carbons (Fsp3) is 0.632. The molecule has 3 atom stereocenters. The normalized spacial score (nSPS) is 26.2. The van der Waals surface area contributed by atoms with Crippen molar-refractivity contribution < 1.29 is 17.9 Å². The second-order valence-electron chi connectivity index (χ2n) is 7.38. The fourth-order valence-electron chi connectivity index (χ4n) is 3.63. The van der Waals surface area contributed by atoms with Gasteiger partial charge in [-0.2, -0.15) is 17.0 Å². The van der Waals surface area contributed by atoms with E-state index in [1.54, 1.807) is 4.90 Å². The second kappa shape index (κ2) is 9.13. The molecule has 2 heterocycles. The number of carbonyl (C=O) groups excluding carboxylic acids is 1. The van der Waals surface area contributed by atoms with Crippen LogP contribution in [0.1, 0.15) is 20.8 Å². The Hall–Kier alpha value is -1.13. The Bertz CT molecular complexity index is 757. The first-order chi connectivity index (χ1) is 13.3. The molecule has 0 spiro atoms. The van der Waals surface area contributed by atoms with Gasteiger partial charge in [0.05, 0.1) is 17.5 Å². The number of morpholine rings is 1. The molecule has 0 bridgehead atoms. The van der Waals surface area contributed by atoms with E-state index in [1.807, 2.05) is 51.1 Å². The summed E-state index contributed by atoms with van der Waals surface area (Å²) in [4.78, 5) is 15.6. The molecule has 2 fully saturated rings. The van der Waals surface area contributed by atoms with Crippen LogP contribution in [0.5, 0.6) is 0 Å². The zero-order chi connectivity index (χ0) is 20.3. The van der Waals surface area contributed by atoms with Crippen LogP contribution >= 0.6 is 11.8 Å². The highest BCUT2D eigenvalue weighted by Gasteiger charge is 2.37. The molecule has 0 N–H and O–H groups in total. The summed E-state index contributed by atoms with van der Waals surface area (Å²) in [6.45, 7) is 7.93. The van der Waals surface area contributed by atoms with Crippen LogP contribution in [-0.4, -0.2) is 84.6 Å². The minimum atomic E-state index is -3.53. The molecule has 2 aliphatic rings. The predicted molar refractivity (Wildman–Crippen MR) is 110 cm³/mol. The van der Waals surface area contributed by atoms with Crippen LogP contribution in [0.25, 0.3) is 0 Å². The van der Waals surface area contributed by atoms with E-state index in [-0.39, 0.29) is 23.4 Å². The average molecular weight is 428 g/mol. The van der Waals surface area contributed by atoms with Crippen molar-refractivity contribution in [2.45, 2.75) is 43.1 Å². The number of carbonyl (C=O) groups is 1. The number of thioether (sulfide) groups is 1. The lowest BCUT2D eigenvalue weighted by molar-refractivity contribution is -0.131. The van der Waals surface area contributed by atoms with Crippen LogP contribution in [0.4, 0.5) is 0 Å². The van der Waals surface area contributed by atoms with E-state index in [2.05, 4.69) is 0 Å². The van der Waals surface area contributed by atoms with Gasteiger partial charge in [-0.3, -0.25) is 4.79 Å². The molecule has 0 saturated carbocycles. The van der Waals surface area contributed by atoms with Crippen molar-refractivity contribution in [2.24, 2.45) is 0 Å². The number of ether oxygens (including phenoxy) is 1. The van der Waals surface area contributed by atoms with Crippen molar-refractivity contribution in [2.75, 3.05) is 39.3 Å². The summed E-state index contributed by atoms with van der Waals surface area (Å²) >= 11 is 1.53. The van der Waals surface area contributed by atoms with Crippen molar-refractivity contribution in [3.05, 3.63) is 30.3 Å². The lowest BCUT2D eigenvalue weighted by Crippen LogP contribution is -2.58. The Balaban J connectivity index is 1.55. The molecule has 0 aromatic heterocycles. The van der Waals surface area contributed by atoms with Gasteiger partial charge < -0.3 is 9.64 Å². The molecule has 2 aliphatic heterocycles. The molecule has 1 amide bonds. The van der Waals surface area contributed by atoms with Gasteiger partial charge in [-0.1, -0.05) is 18.2 Å². The van der Waals surface area contributed by atoms with Crippen LogP contribution < -0.4 is 0 Å². The Labute approximate surface area is 172 Å². The molecular formula is C19H29N3O4S2. The molecule has 156 valence electrons. The summed E-state index contributed by atoms with van der Waals surface area (Å²) in [5.74, 6) is 0.0551. The number of hydrogen-bond donors (Lipinski definition) is 0. The Morgan fingerprint density at radius 3 is 2.18 bits per heavy atom. The van der Waals surface area contributed by atoms with Crippen molar-refractivity contribution >= 4 is 27.9 Å². The van der Waals surface area contributed by atoms with E-state index in [4.69, 9.17) is 4.74 Å². The summed E-state index contributed by atoms with van der Waals surface area (Å²) in [6, 6.07) is 9.84. The molecule has 1 aromatic rings. The highest BCUT2D eigenvalue weighted by atomic mass is 32.2. The van der Waals surface area contributed by atoms with Crippen molar-refractivity contribution in [3.63, 3.8) is 0 Å². The van der Waals surface area contributed by atoms with Crippen LogP contribution in [0.3, 0.4) is 0 Å². The molecule has 3 unspecified atom stereocenters. The standard InChI is InChI=1S/C19H29N3O4S2/c1-15-13-22(14-16(2)26-15)28(24,25)21-11-9-20(10-12-21)19(23)17(3)27-18-7-5-4-6-8-18/h4-8,15-17H,9-14H2,1-3H3. The molecule has 2 saturated heterocycles. The highest BCUT2D eigenvalue weighted by Crippen LogP contribution is 2.25. The molecule has 0 aliphatic carbocycles. The van der Waals surface area contributed by atoms with Gasteiger partial charge in [0.2, 0.25) is 5.91 Å². The van der Waals surface area contributed by atoms with Gasteiger partial charge in [0, 0.05) is 44.2 Å². The summed E-state index contributed by atoms with van der Waals surface area (Å²) in [6.07, 6.45) is -0.227. The number of amides is 1. The maximum atomic E-state index is 13.0. The van der Waals surface area contributed by atoms with Gasteiger partial charge in [0.1, 0.15) is 0 Å². The lowest BCUT2D eigenvalue weighted by atomic mass is 10.3. The molecule has 9 heteroatoms. The van der Waals surface area contributed by atoms with Crippen LogP contribution in [0.2, 0.25) is 0 Å². The van der Waals surface area contributed by atoms with Gasteiger partial charge in [-0.25, -0.2) is 0 Å². The van der Waals surface area contributed by atoms with Crippen molar-refractivity contribution in [3.8, 4) is 0 Å². The number of rotatable bonds is 5. The van der Waals surface area contributed by atoms with E-state index in [1.165, 1.54) is 20.4 Å². The SMILES string of the molecule is CC1CN(S(=O)(=O)N2CCN(C(=O)C(C)Sc3ccccc3)CC2)CC(C)O1. The van der Waals surface area contributed by atoms with Crippen molar-refractivity contribution in [1.29, 1.82) is 0 Å². The maximum Gasteiger partial charge on any atom is 0.282 e. The van der Waals surface area contributed by atoms with E-state index >= 15 is 0 Å². The molecular weight excluding hydrogens is 398 g/mol. The minimum Gasteiger partial charge on any atom is -0.373 e. The Morgan fingerprint density at radius 2 is 1.61 bits per heavy atom. The largest absolute Gasteiger partial charge is 0.373 e. The fourth-order valence-corrected chi connectivity index (χ4v) is 6.35. The first kappa shape index (κ1) is 21.6. The van der Waals surface area contributed by atoms with Crippen LogP contribution in [0, 0.1) is 0 Å².